The Bertz CT molecular complexity index is 584. The summed E-state index contributed by atoms with van der Waals surface area (Å²) < 4.78 is 0. The van der Waals surface area contributed by atoms with Crippen LogP contribution in [-0.2, 0) is 0 Å². The highest BCUT2D eigenvalue weighted by atomic mass is 14.3. The molecule has 0 radical (unpaired) electrons. The summed E-state index contributed by atoms with van der Waals surface area (Å²) >= 11 is 0. The Labute approximate surface area is 115 Å². The van der Waals surface area contributed by atoms with Crippen LogP contribution in [0.3, 0.4) is 0 Å². The van der Waals surface area contributed by atoms with E-state index in [1.54, 1.807) is 0 Å². The molecule has 0 bridgehead atoms. The first-order chi connectivity index (χ1) is 9.33. The maximum absolute atomic E-state index is 3.86. The number of rotatable bonds is 3. The van der Waals surface area contributed by atoms with Crippen LogP contribution < -0.4 is 0 Å². The summed E-state index contributed by atoms with van der Waals surface area (Å²) in [7, 11) is 0. The highest BCUT2D eigenvalue weighted by Gasteiger charge is 2.30. The lowest BCUT2D eigenvalue weighted by Crippen LogP contribution is -2.19. The van der Waals surface area contributed by atoms with Gasteiger partial charge in [-0.2, -0.15) is 0 Å². The number of hydrogen-bond donors (Lipinski definition) is 0. The molecule has 0 aromatic heterocycles. The van der Waals surface area contributed by atoms with Crippen LogP contribution in [-0.4, -0.2) is 0 Å². The molecule has 0 N–H and O–H groups in total. The van der Waals surface area contributed by atoms with Gasteiger partial charge in [0.05, 0.1) is 0 Å². The first-order valence-electron chi connectivity index (χ1n) is 7.07. The predicted molar refractivity (Wildman–Crippen MR) is 83.0 cm³/mol. The van der Waals surface area contributed by atoms with Crippen LogP contribution in [0.4, 0.5) is 0 Å². The molecule has 0 nitrogen and oxygen atoms in total. The number of benzene rings is 1. The van der Waals surface area contributed by atoms with E-state index in [1.807, 2.05) is 6.08 Å². The summed E-state index contributed by atoms with van der Waals surface area (Å²) in [5.74, 6) is 1.06. The summed E-state index contributed by atoms with van der Waals surface area (Å²) in [5, 5.41) is 0. The smallest absolute Gasteiger partial charge is 0.0128 e. The quantitative estimate of drug-likeness (QED) is 0.639. The Morgan fingerprint density at radius 3 is 2.63 bits per heavy atom. The first kappa shape index (κ1) is 12.2. The molecule has 0 aliphatic heterocycles. The van der Waals surface area contributed by atoms with Gasteiger partial charge in [-0.3, -0.25) is 0 Å². The van der Waals surface area contributed by atoms with Crippen LogP contribution in [0.15, 0.2) is 66.8 Å². The molecule has 0 spiro atoms. The Kier molecular flexibility index (Phi) is 3.25. The molecule has 0 amide bonds. The molecular formula is C19H20. The van der Waals surface area contributed by atoms with Crippen molar-refractivity contribution in [2.75, 3.05) is 0 Å². The molecule has 2 unspecified atom stereocenters. The molecule has 2 aliphatic carbocycles. The summed E-state index contributed by atoms with van der Waals surface area (Å²) in [6.07, 6.45) is 13.2. The van der Waals surface area contributed by atoms with Gasteiger partial charge in [-0.05, 0) is 36.5 Å². The second kappa shape index (κ2) is 5.05. The van der Waals surface area contributed by atoms with Crippen molar-refractivity contribution in [1.82, 2.24) is 0 Å². The molecule has 0 heteroatoms. The van der Waals surface area contributed by atoms with E-state index in [2.05, 4.69) is 62.1 Å². The maximum Gasteiger partial charge on any atom is 0.0128 e. The minimum Gasteiger partial charge on any atom is -0.103 e. The van der Waals surface area contributed by atoms with Crippen LogP contribution in [0.1, 0.15) is 36.8 Å². The monoisotopic (exact) mass is 248 g/mol. The van der Waals surface area contributed by atoms with Crippen LogP contribution in [0.5, 0.6) is 0 Å². The van der Waals surface area contributed by atoms with E-state index in [-0.39, 0.29) is 0 Å². The third-order valence-electron chi connectivity index (χ3n) is 4.35. The highest BCUT2D eigenvalue weighted by Crippen LogP contribution is 2.46. The average Bonchev–Trinajstić information content (AvgIpc) is 2.47. The summed E-state index contributed by atoms with van der Waals surface area (Å²) in [6, 6.07) is 8.88. The molecule has 96 valence electrons. The van der Waals surface area contributed by atoms with E-state index in [9.17, 15) is 0 Å². The lowest BCUT2D eigenvalue weighted by atomic mass is 9.69. The third-order valence-corrected chi connectivity index (χ3v) is 4.35. The SMILES string of the molecule is C=CCCC1=C(C)C2C=CC=CC2c2ccccc21. The molecule has 1 aromatic carbocycles. The molecule has 2 atom stereocenters. The van der Waals surface area contributed by atoms with Crippen LogP contribution in [0.2, 0.25) is 0 Å². The van der Waals surface area contributed by atoms with Gasteiger partial charge in [0, 0.05) is 11.8 Å². The molecule has 0 saturated heterocycles. The first-order valence-corrected chi connectivity index (χ1v) is 7.07. The predicted octanol–water partition coefficient (Wildman–Crippen LogP) is 5.27. The Hall–Kier alpha value is -1.82. The zero-order valence-electron chi connectivity index (χ0n) is 11.5. The summed E-state index contributed by atoms with van der Waals surface area (Å²) in [4.78, 5) is 0. The van der Waals surface area contributed by atoms with Gasteiger partial charge in [0.25, 0.3) is 0 Å². The minimum absolute atomic E-state index is 0.522. The van der Waals surface area contributed by atoms with Gasteiger partial charge in [-0.1, -0.05) is 60.2 Å². The van der Waals surface area contributed by atoms with Gasteiger partial charge < -0.3 is 0 Å². The minimum atomic E-state index is 0.522. The van der Waals surface area contributed by atoms with Crippen LogP contribution in [0, 0.1) is 5.92 Å². The van der Waals surface area contributed by atoms with Gasteiger partial charge in [-0.25, -0.2) is 0 Å². The zero-order valence-corrected chi connectivity index (χ0v) is 11.5. The van der Waals surface area contributed by atoms with E-state index in [1.165, 1.54) is 22.3 Å². The maximum atomic E-state index is 3.86. The van der Waals surface area contributed by atoms with E-state index >= 15 is 0 Å². The Balaban J connectivity index is 2.13. The normalized spacial score (nSPS) is 24.1. The number of fused-ring (bicyclic) bond motifs is 3. The molecule has 1 aromatic rings. The van der Waals surface area contributed by atoms with Gasteiger partial charge in [0.15, 0.2) is 0 Å². The average molecular weight is 248 g/mol. The van der Waals surface area contributed by atoms with Gasteiger partial charge in [0.2, 0.25) is 0 Å². The van der Waals surface area contributed by atoms with Crippen molar-refractivity contribution in [3.8, 4) is 0 Å². The van der Waals surface area contributed by atoms with Crippen molar-refractivity contribution in [2.24, 2.45) is 5.92 Å². The lowest BCUT2D eigenvalue weighted by molar-refractivity contribution is 0.646. The van der Waals surface area contributed by atoms with Crippen molar-refractivity contribution in [2.45, 2.75) is 25.7 Å². The fraction of sp³-hybridized carbons (Fsp3) is 0.263. The van der Waals surface area contributed by atoms with Crippen molar-refractivity contribution in [3.05, 3.63) is 77.9 Å². The molecule has 0 heterocycles. The molecule has 3 rings (SSSR count). The second-order valence-corrected chi connectivity index (χ2v) is 5.40. The topological polar surface area (TPSA) is 0 Å². The van der Waals surface area contributed by atoms with E-state index in [4.69, 9.17) is 0 Å². The van der Waals surface area contributed by atoms with Crippen molar-refractivity contribution >= 4 is 5.57 Å². The summed E-state index contributed by atoms with van der Waals surface area (Å²) in [6.45, 7) is 6.16. The van der Waals surface area contributed by atoms with Crippen LogP contribution in [0.25, 0.3) is 5.57 Å². The third kappa shape index (κ3) is 2.02. The Morgan fingerprint density at radius 1 is 1.11 bits per heavy atom. The highest BCUT2D eigenvalue weighted by molar-refractivity contribution is 5.75. The van der Waals surface area contributed by atoms with Gasteiger partial charge in [0.1, 0.15) is 0 Å². The Morgan fingerprint density at radius 2 is 1.84 bits per heavy atom. The second-order valence-electron chi connectivity index (χ2n) is 5.40. The molecular weight excluding hydrogens is 228 g/mol. The van der Waals surface area contributed by atoms with Crippen LogP contribution >= 0.6 is 0 Å². The molecule has 0 saturated carbocycles. The number of allylic oxidation sites excluding steroid dienone is 7. The van der Waals surface area contributed by atoms with Gasteiger partial charge in [-0.15, -0.1) is 6.58 Å². The summed E-state index contributed by atoms with van der Waals surface area (Å²) in [5.41, 5.74) is 5.99. The molecule has 2 aliphatic rings. The van der Waals surface area contributed by atoms with E-state index in [0.29, 0.717) is 11.8 Å². The van der Waals surface area contributed by atoms with Crippen molar-refractivity contribution in [1.29, 1.82) is 0 Å². The van der Waals surface area contributed by atoms with Crippen molar-refractivity contribution < 1.29 is 0 Å². The zero-order chi connectivity index (χ0) is 13.2. The molecule has 19 heavy (non-hydrogen) atoms. The van der Waals surface area contributed by atoms with Crippen molar-refractivity contribution in [3.63, 3.8) is 0 Å². The largest absolute Gasteiger partial charge is 0.103 e. The molecule has 0 fully saturated rings. The van der Waals surface area contributed by atoms with E-state index < -0.39 is 0 Å². The fourth-order valence-corrected chi connectivity index (χ4v) is 3.37. The van der Waals surface area contributed by atoms with Gasteiger partial charge >= 0.3 is 0 Å². The number of hydrogen-bond acceptors (Lipinski definition) is 0. The van der Waals surface area contributed by atoms with E-state index in [0.717, 1.165) is 12.8 Å². The fourth-order valence-electron chi connectivity index (χ4n) is 3.37. The standard InChI is InChI=1S/C19H20/c1-3-4-9-15-14(2)16-10-5-6-11-18(16)19-13-8-7-12-17(15)19/h3,5-8,10-13,16,18H,1,4,9H2,2H3. The lowest BCUT2D eigenvalue weighted by Gasteiger charge is -2.34.